The molecule has 15 heteroatoms. The first kappa shape index (κ1) is 32.5. The predicted molar refractivity (Wildman–Crippen MR) is 140 cm³/mol. The van der Waals surface area contributed by atoms with E-state index in [4.69, 9.17) is 33.2 Å². The molecule has 14 nitrogen and oxygen atoms in total. The molecule has 0 aromatic carbocycles. The number of rotatable bonds is 11. The lowest BCUT2D eigenvalue weighted by atomic mass is 10.00. The fourth-order valence-corrected chi connectivity index (χ4v) is 3.86. The lowest BCUT2D eigenvalue weighted by molar-refractivity contribution is -0.175. The van der Waals surface area contributed by atoms with Crippen LogP contribution in [0.2, 0.25) is 0 Å². The number of hydrogen-bond acceptors (Lipinski definition) is 13. The van der Waals surface area contributed by atoms with Gasteiger partial charge < -0.3 is 38.5 Å². The molecule has 5 atom stereocenters. The molecule has 0 saturated carbocycles. The summed E-state index contributed by atoms with van der Waals surface area (Å²) in [6.45, 7) is 5.51. The van der Waals surface area contributed by atoms with Crippen LogP contribution in [0, 0.1) is 11.8 Å². The van der Waals surface area contributed by atoms with Crippen molar-refractivity contribution in [1.82, 2.24) is 10.3 Å². The van der Waals surface area contributed by atoms with Gasteiger partial charge in [0.1, 0.15) is 18.6 Å². The standard InChI is InChI=1S/C25H35N2O12P/c1-6-9-34-25(32)37-12-36-20-17(33-5)7-8-26-18(20)21(28)27-16-10-35-23(30)15(11-40)19(14(4)38-24(16)31)39-22(29)13(2)3/h7-8,13-16,19H,6,9-12,40H2,1-5H3,(H,27,28)/t14-,15+,16-,19-/m0/s1. The van der Waals surface area contributed by atoms with Crippen LogP contribution in [0.25, 0.3) is 0 Å². The molecule has 40 heavy (non-hydrogen) atoms. The van der Waals surface area contributed by atoms with Gasteiger partial charge in [0.25, 0.3) is 5.91 Å². The monoisotopic (exact) mass is 586 g/mol. The van der Waals surface area contributed by atoms with Crippen molar-refractivity contribution >= 4 is 39.2 Å². The SMILES string of the molecule is CCCOC(=O)OCOc1c(OC)ccnc1C(=O)N[C@H]1COC(=O)[C@H](CP)[C@@H](OC(=O)C(C)C)[C@H](C)OC1=O. The van der Waals surface area contributed by atoms with Gasteiger partial charge in [0, 0.05) is 12.3 Å². The fourth-order valence-electron chi connectivity index (χ4n) is 3.40. The molecule has 2 rings (SSSR count). The van der Waals surface area contributed by atoms with E-state index in [1.807, 2.05) is 6.92 Å². The third-order valence-electron chi connectivity index (χ3n) is 5.53. The van der Waals surface area contributed by atoms with E-state index in [0.717, 1.165) is 0 Å². The zero-order valence-electron chi connectivity index (χ0n) is 23.0. The van der Waals surface area contributed by atoms with Gasteiger partial charge in [-0.05, 0) is 19.5 Å². The maximum atomic E-state index is 13.2. The molecule has 1 unspecified atom stereocenters. The highest BCUT2D eigenvalue weighted by Crippen LogP contribution is 2.30. The second-order valence-electron chi connectivity index (χ2n) is 8.89. The van der Waals surface area contributed by atoms with Crippen molar-refractivity contribution in [2.75, 3.05) is 33.3 Å². The normalized spacial score (nSPS) is 21.1. The lowest BCUT2D eigenvalue weighted by Gasteiger charge is -2.28. The van der Waals surface area contributed by atoms with Crippen LogP contribution < -0.4 is 14.8 Å². The Hall–Kier alpha value is -3.67. The zero-order valence-corrected chi connectivity index (χ0v) is 24.2. The number of esters is 3. The van der Waals surface area contributed by atoms with Gasteiger partial charge >= 0.3 is 24.1 Å². The number of ether oxygens (including phenoxy) is 7. The number of nitrogens with zero attached hydrogens (tertiary/aromatic N) is 1. The summed E-state index contributed by atoms with van der Waals surface area (Å²) in [5.41, 5.74) is -0.316. The molecular weight excluding hydrogens is 551 g/mol. The number of nitrogens with one attached hydrogen (secondary N) is 1. The number of cyclic esters (lactones) is 2. The van der Waals surface area contributed by atoms with Gasteiger partial charge in [0.05, 0.1) is 19.6 Å². The largest absolute Gasteiger partial charge is 0.511 e. The van der Waals surface area contributed by atoms with Gasteiger partial charge in [0.2, 0.25) is 6.79 Å². The topological polar surface area (TPSA) is 175 Å². The van der Waals surface area contributed by atoms with Crippen molar-refractivity contribution in [1.29, 1.82) is 0 Å². The Morgan fingerprint density at radius 3 is 2.55 bits per heavy atom. The Morgan fingerprint density at radius 2 is 1.93 bits per heavy atom. The van der Waals surface area contributed by atoms with Gasteiger partial charge in [-0.3, -0.25) is 14.4 Å². The van der Waals surface area contributed by atoms with Gasteiger partial charge in [-0.2, -0.15) is 0 Å². The number of carbonyl (C=O) groups is 5. The first-order chi connectivity index (χ1) is 19.0. The highest BCUT2D eigenvalue weighted by molar-refractivity contribution is 7.16. The van der Waals surface area contributed by atoms with E-state index in [2.05, 4.69) is 19.5 Å². The fraction of sp³-hybridized carbons (Fsp3) is 0.600. The van der Waals surface area contributed by atoms with Gasteiger partial charge in [-0.1, -0.05) is 20.8 Å². The van der Waals surface area contributed by atoms with Gasteiger partial charge in [-0.15, -0.1) is 9.24 Å². The zero-order chi connectivity index (χ0) is 29.8. The van der Waals surface area contributed by atoms with Crippen LogP contribution in [-0.4, -0.2) is 86.5 Å². The molecular formula is C25H35N2O12P. The minimum absolute atomic E-state index is 0.0841. The summed E-state index contributed by atoms with van der Waals surface area (Å²) in [5, 5.41) is 2.41. The van der Waals surface area contributed by atoms with Crippen LogP contribution >= 0.6 is 9.24 Å². The molecule has 0 radical (unpaired) electrons. The summed E-state index contributed by atoms with van der Waals surface area (Å²) in [6.07, 6.45) is -1.10. The van der Waals surface area contributed by atoms with Gasteiger partial charge in [0.15, 0.2) is 29.3 Å². The average Bonchev–Trinajstić information content (AvgIpc) is 2.96. The van der Waals surface area contributed by atoms with Crippen molar-refractivity contribution in [3.63, 3.8) is 0 Å². The molecule has 1 saturated heterocycles. The van der Waals surface area contributed by atoms with Gasteiger partial charge in [-0.25, -0.2) is 14.6 Å². The van der Waals surface area contributed by atoms with E-state index in [1.54, 1.807) is 13.8 Å². The summed E-state index contributed by atoms with van der Waals surface area (Å²) in [6, 6.07) is -0.0366. The third kappa shape index (κ3) is 8.94. The molecule has 0 aliphatic carbocycles. The first-order valence-electron chi connectivity index (χ1n) is 12.6. The van der Waals surface area contributed by atoms with Crippen LogP contribution in [0.1, 0.15) is 44.6 Å². The van der Waals surface area contributed by atoms with E-state index >= 15 is 0 Å². The second-order valence-corrected chi connectivity index (χ2v) is 9.36. The van der Waals surface area contributed by atoms with E-state index in [9.17, 15) is 24.0 Å². The second kappa shape index (κ2) is 15.8. The van der Waals surface area contributed by atoms with E-state index in [1.165, 1.54) is 26.3 Å². The highest BCUT2D eigenvalue weighted by Gasteiger charge is 2.41. The number of pyridine rings is 1. The maximum Gasteiger partial charge on any atom is 0.511 e. The third-order valence-corrected chi connectivity index (χ3v) is 6.04. The number of amides is 1. The molecule has 1 aliphatic rings. The van der Waals surface area contributed by atoms with Crippen LogP contribution in [0.15, 0.2) is 12.3 Å². The molecule has 222 valence electrons. The summed E-state index contributed by atoms with van der Waals surface area (Å²) >= 11 is 0. The minimum atomic E-state index is -1.44. The van der Waals surface area contributed by atoms with Crippen LogP contribution in [0.4, 0.5) is 4.79 Å². The van der Waals surface area contributed by atoms with Crippen LogP contribution in [0.3, 0.4) is 0 Å². The predicted octanol–water partition coefficient (Wildman–Crippen LogP) is 1.64. The van der Waals surface area contributed by atoms with E-state index in [0.29, 0.717) is 6.42 Å². The molecule has 1 amide bonds. The molecule has 1 fully saturated rings. The molecule has 1 aliphatic heterocycles. The highest BCUT2D eigenvalue weighted by atomic mass is 31.0. The van der Waals surface area contributed by atoms with Crippen molar-refractivity contribution in [3.05, 3.63) is 18.0 Å². The van der Waals surface area contributed by atoms with Crippen molar-refractivity contribution in [2.45, 2.75) is 52.4 Å². The summed E-state index contributed by atoms with van der Waals surface area (Å²) < 4.78 is 36.5. The Labute approximate surface area is 233 Å². The smallest absolute Gasteiger partial charge is 0.493 e. The molecule has 2 heterocycles. The van der Waals surface area contributed by atoms with Crippen molar-refractivity contribution < 1.29 is 57.1 Å². The number of carbonyl (C=O) groups excluding carboxylic acids is 5. The quantitative estimate of drug-likeness (QED) is 0.172. The Kier molecular flexibility index (Phi) is 12.9. The van der Waals surface area contributed by atoms with Crippen LogP contribution in [0.5, 0.6) is 11.5 Å². The molecule has 0 spiro atoms. The number of aromatic nitrogens is 1. The van der Waals surface area contributed by atoms with Crippen LogP contribution in [-0.2, 0) is 38.1 Å². The lowest BCUT2D eigenvalue weighted by Crippen LogP contribution is -2.47. The summed E-state index contributed by atoms with van der Waals surface area (Å²) in [7, 11) is 3.70. The van der Waals surface area contributed by atoms with Crippen molar-refractivity contribution in [2.24, 2.45) is 11.8 Å². The Morgan fingerprint density at radius 1 is 1.20 bits per heavy atom. The van der Waals surface area contributed by atoms with Crippen molar-refractivity contribution in [3.8, 4) is 11.5 Å². The first-order valence-corrected chi connectivity index (χ1v) is 13.4. The average molecular weight is 587 g/mol. The maximum absolute atomic E-state index is 13.2. The number of methoxy groups -OCH3 is 1. The minimum Gasteiger partial charge on any atom is -0.493 e. The van der Waals surface area contributed by atoms with E-state index in [-0.39, 0.29) is 30.0 Å². The molecule has 1 N–H and O–H groups in total. The summed E-state index contributed by atoms with van der Waals surface area (Å²) in [4.78, 5) is 66.8. The summed E-state index contributed by atoms with van der Waals surface area (Å²) in [5.74, 6) is -4.67. The van der Waals surface area contributed by atoms with E-state index < -0.39 is 73.5 Å². The molecule has 1 aromatic rings. The number of hydrogen-bond donors (Lipinski definition) is 1. The Balaban J connectivity index is 2.22. The molecule has 1 aromatic heterocycles. The molecule has 0 bridgehead atoms. The Bertz CT molecular complexity index is 1070.